The zero-order chi connectivity index (χ0) is 19.4. The van der Waals surface area contributed by atoms with E-state index in [-0.39, 0.29) is 30.1 Å². The van der Waals surface area contributed by atoms with E-state index >= 15 is 0 Å². The van der Waals surface area contributed by atoms with Gasteiger partial charge in [-0.15, -0.1) is 0 Å². The smallest absolute Gasteiger partial charge is 0.339 e. The van der Waals surface area contributed by atoms with Crippen LogP contribution in [0, 0.1) is 12.8 Å². The molecule has 2 aromatic rings. The number of carbonyl (C=O) groups excluding carboxylic acids is 1. The second-order valence-corrected chi connectivity index (χ2v) is 6.76. The van der Waals surface area contributed by atoms with Gasteiger partial charge in [-0.05, 0) is 43.4 Å². The van der Waals surface area contributed by atoms with Crippen LogP contribution in [0.1, 0.15) is 37.8 Å². The van der Waals surface area contributed by atoms with Crippen LogP contribution < -0.4 is 10.9 Å². The van der Waals surface area contributed by atoms with Gasteiger partial charge in [0.25, 0.3) is 0 Å². The van der Waals surface area contributed by atoms with Crippen molar-refractivity contribution >= 4 is 22.8 Å². The summed E-state index contributed by atoms with van der Waals surface area (Å²) in [5.41, 5.74) is 0.768. The van der Waals surface area contributed by atoms with Gasteiger partial charge in [-0.2, -0.15) is 0 Å². The van der Waals surface area contributed by atoms with Crippen LogP contribution in [0.3, 0.4) is 0 Å². The number of hydrogen-bond acceptors (Lipinski definition) is 5. The van der Waals surface area contributed by atoms with Crippen molar-refractivity contribution in [3.63, 3.8) is 0 Å². The van der Waals surface area contributed by atoms with Gasteiger partial charge in [0, 0.05) is 23.4 Å². The van der Waals surface area contributed by atoms with Gasteiger partial charge in [-0.1, -0.05) is 13.8 Å². The lowest BCUT2D eigenvalue weighted by Gasteiger charge is -2.16. The molecule has 0 saturated heterocycles. The minimum Gasteiger partial charge on any atom is -0.508 e. The van der Waals surface area contributed by atoms with E-state index in [1.165, 1.54) is 12.1 Å². The monoisotopic (exact) mass is 361 g/mol. The number of aliphatic carboxylic acids is 1. The number of phenols is 1. The van der Waals surface area contributed by atoms with Gasteiger partial charge in [0.2, 0.25) is 5.91 Å². The first-order chi connectivity index (χ1) is 12.2. The number of benzene rings is 1. The Bertz CT molecular complexity index is 883. The summed E-state index contributed by atoms with van der Waals surface area (Å²) in [7, 11) is 0. The lowest BCUT2D eigenvalue weighted by atomic mass is 10.0. The molecule has 3 N–H and O–H groups in total. The number of carboxylic acids is 1. The predicted octanol–water partition coefficient (Wildman–Crippen LogP) is 2.36. The summed E-state index contributed by atoms with van der Waals surface area (Å²) >= 11 is 0. The van der Waals surface area contributed by atoms with Crippen LogP contribution >= 0.6 is 0 Å². The molecule has 0 unspecified atom stereocenters. The molecule has 0 saturated carbocycles. The van der Waals surface area contributed by atoms with Crippen LogP contribution in [-0.4, -0.2) is 28.1 Å². The molecule has 7 nitrogen and oxygen atoms in total. The molecule has 0 fully saturated rings. The van der Waals surface area contributed by atoms with E-state index in [9.17, 15) is 24.6 Å². The largest absolute Gasteiger partial charge is 0.508 e. The number of fused-ring (bicyclic) bond motifs is 1. The van der Waals surface area contributed by atoms with Crippen LogP contribution in [0.4, 0.5) is 0 Å². The Morgan fingerprint density at radius 2 is 1.96 bits per heavy atom. The van der Waals surface area contributed by atoms with Gasteiger partial charge < -0.3 is 19.9 Å². The molecule has 1 aromatic carbocycles. The van der Waals surface area contributed by atoms with E-state index in [1.54, 1.807) is 13.0 Å². The maximum atomic E-state index is 12.2. The fourth-order valence-electron chi connectivity index (χ4n) is 2.87. The van der Waals surface area contributed by atoms with E-state index in [0.29, 0.717) is 22.9 Å². The number of rotatable bonds is 7. The maximum Gasteiger partial charge on any atom is 0.339 e. The molecule has 1 amide bonds. The molecule has 0 aliphatic heterocycles. The Labute approximate surface area is 150 Å². The third-order valence-electron chi connectivity index (χ3n) is 4.21. The molecule has 26 heavy (non-hydrogen) atoms. The highest BCUT2D eigenvalue weighted by Crippen LogP contribution is 2.23. The van der Waals surface area contributed by atoms with E-state index in [2.05, 4.69) is 5.32 Å². The van der Waals surface area contributed by atoms with Crippen molar-refractivity contribution in [2.24, 2.45) is 5.92 Å². The first-order valence-electron chi connectivity index (χ1n) is 8.46. The standard InChI is InChI=1S/C19H23NO6/c1-10(2)8-15(18(23)24)20-17(22)7-6-14-11(3)13-5-4-12(21)9-16(13)26-19(14)25/h4-5,9-10,15,21H,6-8H2,1-3H3,(H,20,22)(H,23,24)/t15-/m0/s1. The SMILES string of the molecule is Cc1c(CCC(=O)N[C@@H](CC(C)C)C(=O)O)c(=O)oc2cc(O)ccc12. The van der Waals surface area contributed by atoms with Gasteiger partial charge in [0.1, 0.15) is 17.4 Å². The van der Waals surface area contributed by atoms with Crippen molar-refractivity contribution in [3.05, 3.63) is 39.7 Å². The molecule has 0 spiro atoms. The molecule has 7 heteroatoms. The molecule has 0 aliphatic rings. The van der Waals surface area contributed by atoms with E-state index < -0.39 is 23.5 Å². The number of aromatic hydroxyl groups is 1. The highest BCUT2D eigenvalue weighted by atomic mass is 16.4. The number of hydrogen-bond donors (Lipinski definition) is 3. The third-order valence-corrected chi connectivity index (χ3v) is 4.21. The average molecular weight is 361 g/mol. The normalized spacial score (nSPS) is 12.3. The summed E-state index contributed by atoms with van der Waals surface area (Å²) in [6.45, 7) is 5.51. The predicted molar refractivity (Wildman–Crippen MR) is 96.2 cm³/mol. The van der Waals surface area contributed by atoms with E-state index in [0.717, 1.165) is 0 Å². The summed E-state index contributed by atoms with van der Waals surface area (Å²) in [6, 6.07) is 3.56. The summed E-state index contributed by atoms with van der Waals surface area (Å²) < 4.78 is 5.22. The van der Waals surface area contributed by atoms with Crippen molar-refractivity contribution in [2.45, 2.75) is 46.1 Å². The van der Waals surface area contributed by atoms with Crippen molar-refractivity contribution in [1.82, 2.24) is 5.32 Å². The molecule has 140 valence electrons. The van der Waals surface area contributed by atoms with Gasteiger partial charge >= 0.3 is 11.6 Å². The van der Waals surface area contributed by atoms with Crippen molar-refractivity contribution < 1.29 is 24.2 Å². The number of phenolic OH excluding ortho intramolecular Hbond substituents is 1. The van der Waals surface area contributed by atoms with Crippen LogP contribution in [-0.2, 0) is 16.0 Å². The Morgan fingerprint density at radius 1 is 1.27 bits per heavy atom. The van der Waals surface area contributed by atoms with Crippen molar-refractivity contribution in [3.8, 4) is 5.75 Å². The number of carbonyl (C=O) groups is 2. The topological polar surface area (TPSA) is 117 Å². The maximum absolute atomic E-state index is 12.2. The van der Waals surface area contributed by atoms with Crippen LogP contribution in [0.15, 0.2) is 27.4 Å². The zero-order valence-electron chi connectivity index (χ0n) is 15.0. The number of aryl methyl sites for hydroxylation is 1. The summed E-state index contributed by atoms with van der Waals surface area (Å²) in [5, 5.41) is 21.8. The molecule has 0 bridgehead atoms. The van der Waals surface area contributed by atoms with Gasteiger partial charge in [-0.3, -0.25) is 4.79 Å². The Morgan fingerprint density at radius 3 is 2.58 bits per heavy atom. The lowest BCUT2D eigenvalue weighted by molar-refractivity contribution is -0.142. The molecular weight excluding hydrogens is 338 g/mol. The Kier molecular flexibility index (Phi) is 6.02. The fourth-order valence-corrected chi connectivity index (χ4v) is 2.87. The molecule has 1 aromatic heterocycles. The molecular formula is C19H23NO6. The molecule has 1 heterocycles. The highest BCUT2D eigenvalue weighted by molar-refractivity contribution is 5.84. The lowest BCUT2D eigenvalue weighted by Crippen LogP contribution is -2.41. The first-order valence-corrected chi connectivity index (χ1v) is 8.46. The quantitative estimate of drug-likeness (QED) is 0.652. The van der Waals surface area contributed by atoms with E-state index in [4.69, 9.17) is 4.42 Å². The van der Waals surface area contributed by atoms with Gasteiger partial charge in [-0.25, -0.2) is 9.59 Å². The van der Waals surface area contributed by atoms with Crippen molar-refractivity contribution in [1.29, 1.82) is 0 Å². The minimum absolute atomic E-state index is 0.00274. The Balaban J connectivity index is 2.14. The first kappa shape index (κ1) is 19.5. The summed E-state index contributed by atoms with van der Waals surface area (Å²) in [6.07, 6.45) is 0.462. The fraction of sp³-hybridized carbons (Fsp3) is 0.421. The van der Waals surface area contributed by atoms with Crippen LogP contribution in [0.25, 0.3) is 11.0 Å². The number of carboxylic acid groups (broad SMARTS) is 1. The Hall–Kier alpha value is -2.83. The second kappa shape index (κ2) is 8.03. The molecule has 0 radical (unpaired) electrons. The summed E-state index contributed by atoms with van der Waals surface area (Å²) in [5.74, 6) is -1.38. The summed E-state index contributed by atoms with van der Waals surface area (Å²) in [4.78, 5) is 35.5. The van der Waals surface area contributed by atoms with Crippen molar-refractivity contribution in [2.75, 3.05) is 0 Å². The number of nitrogens with one attached hydrogen (secondary N) is 1. The van der Waals surface area contributed by atoms with Crippen LogP contribution in [0.2, 0.25) is 0 Å². The third kappa shape index (κ3) is 4.62. The molecule has 2 rings (SSSR count). The number of amides is 1. The van der Waals surface area contributed by atoms with E-state index in [1.807, 2.05) is 13.8 Å². The minimum atomic E-state index is -1.08. The molecule has 0 aliphatic carbocycles. The average Bonchev–Trinajstić information content (AvgIpc) is 2.53. The zero-order valence-corrected chi connectivity index (χ0v) is 15.0. The molecule has 1 atom stereocenters. The second-order valence-electron chi connectivity index (χ2n) is 6.76. The van der Waals surface area contributed by atoms with Gasteiger partial charge in [0.05, 0.1) is 0 Å². The van der Waals surface area contributed by atoms with Crippen LogP contribution in [0.5, 0.6) is 5.75 Å². The highest BCUT2D eigenvalue weighted by Gasteiger charge is 2.21. The van der Waals surface area contributed by atoms with Gasteiger partial charge in [0.15, 0.2) is 0 Å².